The molecule has 1 rings (SSSR count). The zero-order valence-corrected chi connectivity index (χ0v) is 15.9. The van der Waals surface area contributed by atoms with Crippen LogP contribution in [-0.2, 0) is 19.9 Å². The molecule has 4 nitrogen and oxygen atoms in total. The van der Waals surface area contributed by atoms with Crippen LogP contribution in [0.1, 0.15) is 32.6 Å². The van der Waals surface area contributed by atoms with Crippen LogP contribution < -0.4 is 11.5 Å². The van der Waals surface area contributed by atoms with Crippen LogP contribution in [0.25, 0.3) is 0 Å². The largest absolute Gasteiger partial charge is 0.398 e. The first-order valence-electron chi connectivity index (χ1n) is 5.06. The highest BCUT2D eigenvalue weighted by atomic mass is 127. The van der Waals surface area contributed by atoms with E-state index in [4.69, 9.17) is 11.5 Å². The molecule has 0 aromatic heterocycles. The highest BCUT2D eigenvalue weighted by molar-refractivity contribution is 14.1. The summed E-state index contributed by atoms with van der Waals surface area (Å²) in [4.78, 5) is 11.7. The summed E-state index contributed by atoms with van der Waals surface area (Å²) in [5.74, 6) is -0.477. The topological polar surface area (TPSA) is 89.3 Å². The van der Waals surface area contributed by atoms with E-state index < -0.39 is 5.91 Å². The number of amides is 1. The molecule has 1 amide bonds. The Balaban J connectivity index is 3.79. The summed E-state index contributed by atoms with van der Waals surface area (Å²) >= 11 is 6.56. The van der Waals surface area contributed by atoms with Crippen LogP contribution in [0.5, 0.6) is 0 Å². The lowest BCUT2D eigenvalue weighted by molar-refractivity contribution is 0.0999. The second-order valence-corrected chi connectivity index (χ2v) is 5.91. The number of aliphatic hydroxyl groups is 1. The van der Waals surface area contributed by atoms with Gasteiger partial charge in [-0.25, -0.2) is 0 Å². The average molecular weight is 586 g/mol. The molecule has 7 heteroatoms. The van der Waals surface area contributed by atoms with E-state index in [1.807, 2.05) is 0 Å². The van der Waals surface area contributed by atoms with Crippen molar-refractivity contribution in [1.29, 1.82) is 0 Å². The second-order valence-electron chi connectivity index (χ2n) is 3.63. The summed E-state index contributed by atoms with van der Waals surface area (Å²) in [6, 6.07) is 0. The first-order valence-corrected chi connectivity index (χ1v) is 9.64. The van der Waals surface area contributed by atoms with Crippen LogP contribution in [0.15, 0.2) is 0 Å². The Morgan fingerprint density at radius 3 is 1.83 bits per heavy atom. The van der Waals surface area contributed by atoms with E-state index in [9.17, 15) is 9.90 Å². The minimum absolute atomic E-state index is 0.122. The summed E-state index contributed by atoms with van der Waals surface area (Å²) in [6.07, 6.45) is 0. The maximum Gasteiger partial charge on any atom is 0.249 e. The lowest BCUT2D eigenvalue weighted by Crippen LogP contribution is -2.20. The van der Waals surface area contributed by atoms with Crippen molar-refractivity contribution >= 4 is 79.4 Å². The van der Waals surface area contributed by atoms with Crippen molar-refractivity contribution in [2.75, 3.05) is 5.73 Å². The quantitative estimate of drug-likeness (QED) is 0.282. The number of hydrogen-bond acceptors (Lipinski definition) is 3. The Morgan fingerprint density at radius 2 is 1.50 bits per heavy atom. The molecule has 0 unspecified atom stereocenters. The number of hydrogen-bond donors (Lipinski definition) is 3. The van der Waals surface area contributed by atoms with Gasteiger partial charge in [-0.1, -0.05) is 67.8 Å². The lowest BCUT2D eigenvalue weighted by atomic mass is 9.91. The van der Waals surface area contributed by atoms with E-state index in [2.05, 4.69) is 67.8 Å². The Morgan fingerprint density at radius 1 is 1.00 bits per heavy atom. The molecular formula is C11H13I3N2O2. The summed E-state index contributed by atoms with van der Waals surface area (Å²) < 4.78 is 1.95. The Labute approximate surface area is 147 Å². The maximum absolute atomic E-state index is 11.7. The Kier molecular flexibility index (Phi) is 6.89. The molecule has 100 valence electrons. The van der Waals surface area contributed by atoms with Crippen molar-refractivity contribution in [3.63, 3.8) is 0 Å². The monoisotopic (exact) mass is 586 g/mol. The summed E-state index contributed by atoms with van der Waals surface area (Å²) in [5, 5.41) is 9.54. The van der Waals surface area contributed by atoms with Crippen LogP contribution in [0.2, 0.25) is 0 Å². The van der Waals surface area contributed by atoms with E-state index in [0.717, 1.165) is 22.3 Å². The smallest absolute Gasteiger partial charge is 0.249 e. The lowest BCUT2D eigenvalue weighted by Gasteiger charge is -2.20. The molecule has 18 heavy (non-hydrogen) atoms. The van der Waals surface area contributed by atoms with E-state index in [1.54, 1.807) is 0 Å². The van der Waals surface area contributed by atoms with Gasteiger partial charge in [-0.15, -0.1) is 0 Å². The van der Waals surface area contributed by atoms with Crippen LogP contribution in [0, 0.1) is 0 Å². The van der Waals surface area contributed by atoms with Crippen molar-refractivity contribution in [1.82, 2.24) is 0 Å². The van der Waals surface area contributed by atoms with Crippen molar-refractivity contribution in [2.45, 2.75) is 19.9 Å². The molecule has 0 aliphatic carbocycles. The van der Waals surface area contributed by atoms with Crippen LogP contribution in [0.3, 0.4) is 0 Å². The number of carbonyl (C=O) groups excluding carboxylic acids is 1. The first kappa shape index (κ1) is 16.7. The molecule has 0 aliphatic rings. The van der Waals surface area contributed by atoms with E-state index >= 15 is 0 Å². The molecule has 5 N–H and O–H groups in total. The molecule has 1 aromatic rings. The molecule has 0 spiro atoms. The minimum atomic E-state index is -0.477. The number of carbonyl (C=O) groups is 1. The summed E-state index contributed by atoms with van der Waals surface area (Å²) in [7, 11) is 0. The Hall–Kier alpha value is 0.640. The minimum Gasteiger partial charge on any atom is -0.398 e. The summed E-state index contributed by atoms with van der Waals surface area (Å²) in [5.41, 5.74) is 15.9. The SMILES string of the molecule is NC(=O)c1c(CI)c(N)c(CI)c(CO)c1CI. The van der Waals surface area contributed by atoms with Gasteiger partial charge in [0.05, 0.1) is 6.61 Å². The molecule has 0 radical (unpaired) electrons. The van der Waals surface area contributed by atoms with Gasteiger partial charge in [0, 0.05) is 24.5 Å². The molecule has 0 fully saturated rings. The van der Waals surface area contributed by atoms with Gasteiger partial charge in [0.1, 0.15) is 0 Å². The van der Waals surface area contributed by atoms with Crippen molar-refractivity contribution < 1.29 is 9.90 Å². The number of nitrogen functional groups attached to an aromatic ring is 1. The fourth-order valence-electron chi connectivity index (χ4n) is 1.92. The number of nitrogens with two attached hydrogens (primary N) is 2. The Bertz CT molecular complexity index is 478. The number of primary amides is 1. The van der Waals surface area contributed by atoms with Gasteiger partial charge in [-0.2, -0.15) is 0 Å². The van der Waals surface area contributed by atoms with Crippen LogP contribution in [-0.4, -0.2) is 11.0 Å². The highest BCUT2D eigenvalue weighted by Crippen LogP contribution is 2.34. The number of rotatable bonds is 5. The zero-order chi connectivity index (χ0) is 13.9. The molecule has 0 heterocycles. The zero-order valence-electron chi connectivity index (χ0n) is 9.47. The van der Waals surface area contributed by atoms with E-state index in [0.29, 0.717) is 24.5 Å². The van der Waals surface area contributed by atoms with Gasteiger partial charge in [0.2, 0.25) is 5.91 Å². The van der Waals surface area contributed by atoms with Gasteiger partial charge >= 0.3 is 0 Å². The summed E-state index contributed by atoms with van der Waals surface area (Å²) in [6.45, 7) is -0.122. The van der Waals surface area contributed by atoms with Gasteiger partial charge in [-0.05, 0) is 22.3 Å². The molecule has 0 saturated carbocycles. The van der Waals surface area contributed by atoms with Gasteiger partial charge in [0.25, 0.3) is 0 Å². The molecule has 0 aliphatic heterocycles. The van der Waals surface area contributed by atoms with Gasteiger partial charge in [-0.3, -0.25) is 4.79 Å². The molecule has 0 saturated heterocycles. The maximum atomic E-state index is 11.7. The number of benzene rings is 1. The number of halogens is 3. The number of aliphatic hydroxyl groups excluding tert-OH is 1. The van der Waals surface area contributed by atoms with Crippen LogP contribution in [0.4, 0.5) is 5.69 Å². The predicted octanol–water partition coefficient (Wildman–Crippen LogP) is 2.67. The first-order chi connectivity index (χ1) is 8.53. The van der Waals surface area contributed by atoms with E-state index in [-0.39, 0.29) is 6.61 Å². The van der Waals surface area contributed by atoms with Crippen molar-refractivity contribution in [3.8, 4) is 0 Å². The second kappa shape index (κ2) is 7.43. The predicted molar refractivity (Wildman–Crippen MR) is 98.5 cm³/mol. The molecule has 1 aromatic carbocycles. The fourth-order valence-corrected chi connectivity index (χ4v) is 4.43. The highest BCUT2D eigenvalue weighted by Gasteiger charge is 2.23. The van der Waals surface area contributed by atoms with Gasteiger partial charge in [0.15, 0.2) is 0 Å². The van der Waals surface area contributed by atoms with Crippen molar-refractivity contribution in [2.24, 2.45) is 5.73 Å². The molecule has 0 atom stereocenters. The van der Waals surface area contributed by atoms with Crippen LogP contribution >= 0.6 is 67.8 Å². The fraction of sp³-hybridized carbons (Fsp3) is 0.364. The average Bonchev–Trinajstić information content (AvgIpc) is 2.36. The normalized spacial score (nSPS) is 10.7. The third-order valence-corrected chi connectivity index (χ3v) is 5.08. The van der Waals surface area contributed by atoms with Crippen molar-refractivity contribution in [3.05, 3.63) is 27.8 Å². The molecule has 0 bridgehead atoms. The van der Waals surface area contributed by atoms with Gasteiger partial charge < -0.3 is 16.6 Å². The molecular weight excluding hydrogens is 573 g/mol. The number of anilines is 1. The third-order valence-electron chi connectivity index (χ3n) is 2.79. The number of alkyl halides is 3. The van der Waals surface area contributed by atoms with E-state index in [1.165, 1.54) is 0 Å². The standard InChI is InChI=1S/C11H13I3N2O2/c12-1-5-8(4-17)6(2-13)10(15)7(3-14)9(5)11(16)18/h17H,1-4,15H2,(H2,16,18). The third kappa shape index (κ3) is 3.03.